The van der Waals surface area contributed by atoms with Crippen molar-refractivity contribution >= 4 is 10.4 Å². The van der Waals surface area contributed by atoms with Gasteiger partial charge in [-0.3, -0.25) is 4.18 Å². The van der Waals surface area contributed by atoms with Crippen LogP contribution in [0.3, 0.4) is 0 Å². The zero-order valence-corrected chi connectivity index (χ0v) is 25.1. The summed E-state index contributed by atoms with van der Waals surface area (Å²) in [7, 11) is -4.61. The maximum atomic E-state index is 10.8. The van der Waals surface area contributed by atoms with Crippen LogP contribution in [-0.2, 0) is 14.6 Å². The summed E-state index contributed by atoms with van der Waals surface area (Å²) in [5.74, 6) is 0.0198. The summed E-state index contributed by atoms with van der Waals surface area (Å²) in [6.45, 7) is 4.48. The van der Waals surface area contributed by atoms with Crippen LogP contribution in [-0.4, -0.2) is 19.6 Å². The van der Waals surface area contributed by atoms with Crippen molar-refractivity contribution in [1.82, 2.24) is 0 Å². The van der Waals surface area contributed by atoms with E-state index in [1.165, 1.54) is 116 Å². The molecule has 0 aliphatic rings. The third kappa shape index (κ3) is 30.6. The Morgan fingerprint density at radius 2 is 1.06 bits per heavy atom. The van der Waals surface area contributed by atoms with Gasteiger partial charge in [-0.1, -0.05) is 142 Å². The number of hydrogen-bond donors (Lipinski definition) is 0. The van der Waals surface area contributed by atoms with E-state index in [-0.39, 0.29) is 42.1 Å². The molecule has 0 aliphatic heterocycles. The fourth-order valence-corrected chi connectivity index (χ4v) is 4.50. The van der Waals surface area contributed by atoms with Crippen LogP contribution >= 0.6 is 0 Å². The van der Waals surface area contributed by atoms with Gasteiger partial charge in [0.2, 0.25) is 10.4 Å². The van der Waals surface area contributed by atoms with Crippen LogP contribution in [0.2, 0.25) is 0 Å². The molecule has 0 spiro atoms. The van der Waals surface area contributed by atoms with Gasteiger partial charge < -0.3 is 4.55 Å². The van der Waals surface area contributed by atoms with Gasteiger partial charge in [0.1, 0.15) is 0 Å². The zero-order valence-electron chi connectivity index (χ0n) is 22.3. The zero-order chi connectivity index (χ0) is 23.8. The molecule has 0 saturated heterocycles. The molecule has 0 rings (SSSR count). The molecule has 0 bridgehead atoms. The average Bonchev–Trinajstić information content (AvgIpc) is 2.75. The minimum absolute atomic E-state index is 0. The van der Waals surface area contributed by atoms with Crippen LogP contribution < -0.4 is 29.6 Å². The molecular formula is C27H53NaO4S. The molecular weight excluding hydrogens is 443 g/mol. The summed E-state index contributed by atoms with van der Waals surface area (Å²) in [6, 6.07) is 0. The molecule has 0 aromatic carbocycles. The molecule has 0 radical (unpaired) electrons. The van der Waals surface area contributed by atoms with Crippen LogP contribution in [0.15, 0.2) is 12.2 Å². The Balaban J connectivity index is 0. The molecule has 33 heavy (non-hydrogen) atoms. The van der Waals surface area contributed by atoms with Crippen LogP contribution in [0.5, 0.6) is 0 Å². The van der Waals surface area contributed by atoms with Crippen molar-refractivity contribution in [2.75, 3.05) is 6.61 Å². The molecule has 192 valence electrons. The third-order valence-electron chi connectivity index (χ3n) is 6.24. The topological polar surface area (TPSA) is 66.4 Å². The molecule has 0 fully saturated rings. The molecule has 0 saturated carbocycles. The summed E-state index contributed by atoms with van der Waals surface area (Å²) in [5.41, 5.74) is 0. The molecule has 6 heteroatoms. The molecule has 0 amide bonds. The van der Waals surface area contributed by atoms with Crippen LogP contribution in [0.25, 0.3) is 0 Å². The monoisotopic (exact) mass is 496 g/mol. The van der Waals surface area contributed by atoms with E-state index in [4.69, 9.17) is 0 Å². The minimum atomic E-state index is -4.61. The summed E-state index contributed by atoms with van der Waals surface area (Å²) in [4.78, 5) is 0. The second-order valence-corrected chi connectivity index (χ2v) is 10.5. The van der Waals surface area contributed by atoms with Crippen molar-refractivity contribution in [2.45, 2.75) is 149 Å². The van der Waals surface area contributed by atoms with Gasteiger partial charge in [-0.15, -0.1) is 0 Å². The largest absolute Gasteiger partial charge is 1.00 e. The van der Waals surface area contributed by atoms with Gasteiger partial charge in [0.25, 0.3) is 0 Å². The summed E-state index contributed by atoms with van der Waals surface area (Å²) in [5, 5.41) is 0. The first-order chi connectivity index (χ1) is 15.5. The molecule has 0 aromatic heterocycles. The van der Waals surface area contributed by atoms with Gasteiger partial charge in [0, 0.05) is 5.92 Å². The first-order valence-electron chi connectivity index (χ1n) is 13.8. The first-order valence-corrected chi connectivity index (χ1v) is 15.1. The Morgan fingerprint density at radius 1 is 0.667 bits per heavy atom. The molecule has 1 unspecified atom stereocenters. The van der Waals surface area contributed by atoms with Crippen molar-refractivity contribution in [1.29, 1.82) is 0 Å². The van der Waals surface area contributed by atoms with Gasteiger partial charge in [-0.05, 0) is 19.3 Å². The Bertz CT molecular complexity index is 508. The van der Waals surface area contributed by atoms with Crippen molar-refractivity contribution in [3.05, 3.63) is 12.2 Å². The molecule has 1 atom stereocenters. The van der Waals surface area contributed by atoms with Gasteiger partial charge in [-0.2, -0.15) is 0 Å². The number of hydrogen-bond acceptors (Lipinski definition) is 4. The molecule has 0 heterocycles. The number of rotatable bonds is 25. The van der Waals surface area contributed by atoms with E-state index in [1.54, 1.807) is 0 Å². The predicted molar refractivity (Wildman–Crippen MR) is 137 cm³/mol. The maximum Gasteiger partial charge on any atom is 1.00 e. The van der Waals surface area contributed by atoms with E-state index in [2.05, 4.69) is 30.2 Å². The van der Waals surface area contributed by atoms with Crippen molar-refractivity contribution in [3.63, 3.8) is 0 Å². The fourth-order valence-electron chi connectivity index (χ4n) is 4.16. The van der Waals surface area contributed by atoms with E-state index in [1.807, 2.05) is 0 Å². The smallest absolute Gasteiger partial charge is 0.726 e. The molecule has 4 nitrogen and oxygen atoms in total. The fraction of sp³-hybridized carbons (Fsp3) is 0.926. The van der Waals surface area contributed by atoms with E-state index in [0.717, 1.165) is 19.3 Å². The van der Waals surface area contributed by atoms with Gasteiger partial charge in [0.05, 0.1) is 6.61 Å². The Morgan fingerprint density at radius 3 is 1.48 bits per heavy atom. The Labute approximate surface area is 229 Å². The van der Waals surface area contributed by atoms with Crippen LogP contribution in [0.4, 0.5) is 0 Å². The molecule has 0 aromatic rings. The standard InChI is InChI=1S/C27H54O4S.Na/c1-3-5-7-9-11-13-14-15-17-19-21-23-25-27(26-31-32(28,29)30)24-22-20-18-16-12-10-8-6-4-2;/h22,24,27H,3-21,23,25-26H2,1-2H3,(H,28,29,30);/q;+1/p-1/b24-22+;. The SMILES string of the molecule is CCCCCCCCC/C=C/C(CCCCCCCCCCCCCC)COS(=O)(=O)[O-].[Na+]. The van der Waals surface area contributed by atoms with Gasteiger partial charge in [0.15, 0.2) is 0 Å². The molecule has 0 N–H and O–H groups in total. The van der Waals surface area contributed by atoms with Crippen LogP contribution in [0, 0.1) is 5.92 Å². The van der Waals surface area contributed by atoms with Gasteiger partial charge in [-0.25, -0.2) is 8.42 Å². The average molecular weight is 497 g/mol. The Kier molecular flexibility index (Phi) is 29.5. The number of unbranched alkanes of at least 4 members (excludes halogenated alkanes) is 18. The second-order valence-electron chi connectivity index (χ2n) is 9.47. The first kappa shape index (κ1) is 35.8. The second kappa shape index (κ2) is 27.2. The quantitative estimate of drug-likeness (QED) is 0.0521. The number of allylic oxidation sites excluding steroid dienone is 1. The van der Waals surface area contributed by atoms with Crippen molar-refractivity contribution in [2.24, 2.45) is 5.92 Å². The van der Waals surface area contributed by atoms with E-state index in [0.29, 0.717) is 0 Å². The maximum absolute atomic E-state index is 10.8. The van der Waals surface area contributed by atoms with E-state index >= 15 is 0 Å². The normalized spacial score (nSPS) is 12.8. The van der Waals surface area contributed by atoms with E-state index in [9.17, 15) is 13.0 Å². The summed E-state index contributed by atoms with van der Waals surface area (Å²) in [6.07, 6.45) is 30.8. The van der Waals surface area contributed by atoms with Crippen molar-refractivity contribution < 1.29 is 46.7 Å². The Hall–Kier alpha value is 0.610. The summed E-state index contributed by atoms with van der Waals surface area (Å²) < 4.78 is 37.0. The minimum Gasteiger partial charge on any atom is -0.726 e. The predicted octanol–water partition coefficient (Wildman–Crippen LogP) is 5.87. The third-order valence-corrected chi connectivity index (χ3v) is 6.66. The summed E-state index contributed by atoms with van der Waals surface area (Å²) >= 11 is 0. The van der Waals surface area contributed by atoms with Gasteiger partial charge >= 0.3 is 29.6 Å². The van der Waals surface area contributed by atoms with Crippen molar-refractivity contribution in [3.8, 4) is 0 Å². The molecule has 0 aliphatic carbocycles. The van der Waals surface area contributed by atoms with E-state index < -0.39 is 10.4 Å². The van der Waals surface area contributed by atoms with Crippen LogP contribution in [0.1, 0.15) is 149 Å².